The third-order valence-corrected chi connectivity index (χ3v) is 3.49. The van der Waals surface area contributed by atoms with Crippen LogP contribution in [0.25, 0.3) is 0 Å². The molecule has 1 atom stereocenters. The van der Waals surface area contributed by atoms with E-state index in [9.17, 15) is 0 Å². The molecule has 2 N–H and O–H groups in total. The molecule has 0 aromatic heterocycles. The second kappa shape index (κ2) is 6.26. The van der Waals surface area contributed by atoms with Crippen LogP contribution in [0.5, 0.6) is 0 Å². The van der Waals surface area contributed by atoms with Crippen molar-refractivity contribution in [3.8, 4) is 0 Å². The summed E-state index contributed by atoms with van der Waals surface area (Å²) in [5.41, 5.74) is 1.90. The Hall–Kier alpha value is -0.880. The number of hydrogen-bond acceptors (Lipinski definition) is 3. The van der Waals surface area contributed by atoms with Gasteiger partial charge < -0.3 is 20.1 Å². The van der Waals surface area contributed by atoms with Crippen molar-refractivity contribution < 1.29 is 9.47 Å². The van der Waals surface area contributed by atoms with E-state index in [0.717, 1.165) is 11.3 Å². The van der Waals surface area contributed by atoms with Gasteiger partial charge in [-0.15, -0.1) is 0 Å². The van der Waals surface area contributed by atoms with Crippen molar-refractivity contribution in [3.05, 3.63) is 28.8 Å². The zero-order valence-corrected chi connectivity index (χ0v) is 13.4. The topological polar surface area (TPSA) is 42.5 Å². The number of aryl methyl sites for hydroxylation is 1. The molecule has 110 valence electrons. The van der Waals surface area contributed by atoms with Gasteiger partial charge in [-0.2, -0.15) is 0 Å². The lowest BCUT2D eigenvalue weighted by Gasteiger charge is -2.18. The van der Waals surface area contributed by atoms with Gasteiger partial charge in [0.05, 0.1) is 17.3 Å². The van der Waals surface area contributed by atoms with Gasteiger partial charge in [0.25, 0.3) is 0 Å². The van der Waals surface area contributed by atoms with Gasteiger partial charge >= 0.3 is 0 Å². The average Bonchev–Trinajstić information content (AvgIpc) is 2.70. The number of thiocarbonyl (C=S) groups is 1. The Balaban J connectivity index is 1.81. The van der Waals surface area contributed by atoms with Gasteiger partial charge in [0.1, 0.15) is 6.10 Å². The molecule has 20 heavy (non-hydrogen) atoms. The molecule has 0 spiro atoms. The molecule has 1 aromatic carbocycles. The standard InChI is InChI=1S/C14H19ClN2O2S/c1-9-4-5-12(11(15)6-9)17-13(20)16-7-10-8-18-14(2,3)19-10/h4-6,10H,7-8H2,1-3H3,(H2,16,17,20). The molecule has 1 aliphatic rings. The van der Waals surface area contributed by atoms with Gasteiger partial charge in [-0.1, -0.05) is 17.7 Å². The summed E-state index contributed by atoms with van der Waals surface area (Å²) in [6, 6.07) is 5.78. The molecule has 0 amide bonds. The quantitative estimate of drug-likeness (QED) is 0.839. The zero-order chi connectivity index (χ0) is 14.8. The number of anilines is 1. The Morgan fingerprint density at radius 3 is 2.85 bits per heavy atom. The summed E-state index contributed by atoms with van der Waals surface area (Å²) in [4.78, 5) is 0. The molecule has 6 heteroatoms. The highest BCUT2D eigenvalue weighted by atomic mass is 35.5. The van der Waals surface area contributed by atoms with Crippen LogP contribution in [0, 0.1) is 6.92 Å². The molecule has 0 bridgehead atoms. The van der Waals surface area contributed by atoms with E-state index in [2.05, 4.69) is 10.6 Å². The van der Waals surface area contributed by atoms with Gasteiger partial charge in [-0.25, -0.2) is 0 Å². The summed E-state index contributed by atoms with van der Waals surface area (Å²) in [6.07, 6.45) is -0.00163. The first-order valence-electron chi connectivity index (χ1n) is 6.48. The van der Waals surface area contributed by atoms with E-state index >= 15 is 0 Å². The van der Waals surface area contributed by atoms with Crippen LogP contribution >= 0.6 is 23.8 Å². The van der Waals surface area contributed by atoms with Gasteiger partial charge in [-0.3, -0.25) is 0 Å². The maximum atomic E-state index is 6.14. The summed E-state index contributed by atoms with van der Waals surface area (Å²) in [6.45, 7) is 6.95. The van der Waals surface area contributed by atoms with Gasteiger partial charge in [0.15, 0.2) is 10.9 Å². The lowest BCUT2D eigenvalue weighted by Crippen LogP contribution is -2.36. The summed E-state index contributed by atoms with van der Waals surface area (Å²) in [7, 11) is 0. The predicted molar refractivity (Wildman–Crippen MR) is 85.3 cm³/mol. The van der Waals surface area contributed by atoms with Crippen LogP contribution in [0.15, 0.2) is 18.2 Å². The van der Waals surface area contributed by atoms with Gasteiger partial charge in [-0.05, 0) is 50.7 Å². The largest absolute Gasteiger partial charge is 0.360 e. The zero-order valence-electron chi connectivity index (χ0n) is 11.8. The van der Waals surface area contributed by atoms with E-state index in [-0.39, 0.29) is 6.10 Å². The van der Waals surface area contributed by atoms with E-state index in [1.165, 1.54) is 0 Å². The maximum absolute atomic E-state index is 6.14. The van der Waals surface area contributed by atoms with Crippen LogP contribution in [0.4, 0.5) is 5.69 Å². The minimum absolute atomic E-state index is 0.00163. The highest BCUT2D eigenvalue weighted by Gasteiger charge is 2.32. The molecule has 1 heterocycles. The minimum atomic E-state index is -0.512. The van der Waals surface area contributed by atoms with Crippen molar-refractivity contribution in [2.24, 2.45) is 0 Å². The molecule has 1 unspecified atom stereocenters. The van der Waals surface area contributed by atoms with Crippen molar-refractivity contribution in [2.45, 2.75) is 32.7 Å². The van der Waals surface area contributed by atoms with Crippen LogP contribution in [0.1, 0.15) is 19.4 Å². The number of halogens is 1. The predicted octanol–water partition coefficient (Wildman–Crippen LogP) is 3.09. The SMILES string of the molecule is Cc1ccc(NC(=S)NCC2COC(C)(C)O2)c(Cl)c1. The molecule has 2 rings (SSSR count). The minimum Gasteiger partial charge on any atom is -0.360 e. The van der Waals surface area contributed by atoms with E-state index in [0.29, 0.717) is 23.3 Å². The third kappa shape index (κ3) is 4.31. The summed E-state index contributed by atoms with van der Waals surface area (Å²) in [5, 5.41) is 7.35. The van der Waals surface area contributed by atoms with Crippen molar-refractivity contribution in [1.82, 2.24) is 5.32 Å². The van der Waals surface area contributed by atoms with Crippen LogP contribution in [-0.2, 0) is 9.47 Å². The van der Waals surface area contributed by atoms with Crippen LogP contribution in [0.3, 0.4) is 0 Å². The first-order chi connectivity index (χ1) is 9.35. The van der Waals surface area contributed by atoms with Crippen LogP contribution in [-0.4, -0.2) is 30.2 Å². The number of nitrogens with one attached hydrogen (secondary N) is 2. The van der Waals surface area contributed by atoms with Crippen molar-refractivity contribution in [1.29, 1.82) is 0 Å². The molecule has 0 saturated carbocycles. The van der Waals surface area contributed by atoms with E-state index in [1.807, 2.05) is 39.0 Å². The average molecular weight is 315 g/mol. The fraction of sp³-hybridized carbons (Fsp3) is 0.500. The van der Waals surface area contributed by atoms with Crippen molar-refractivity contribution in [3.63, 3.8) is 0 Å². The number of rotatable bonds is 3. The molecular formula is C14H19ClN2O2S. The highest BCUT2D eigenvalue weighted by Crippen LogP contribution is 2.23. The second-order valence-electron chi connectivity index (χ2n) is 5.27. The first kappa shape index (κ1) is 15.5. The number of ether oxygens (including phenoxy) is 2. The third-order valence-electron chi connectivity index (χ3n) is 2.93. The van der Waals surface area contributed by atoms with Gasteiger partial charge in [0.2, 0.25) is 0 Å². The Morgan fingerprint density at radius 2 is 2.25 bits per heavy atom. The van der Waals surface area contributed by atoms with Gasteiger partial charge in [0, 0.05) is 6.54 Å². The molecular weight excluding hydrogens is 296 g/mol. The smallest absolute Gasteiger partial charge is 0.170 e. The van der Waals surface area contributed by atoms with Crippen molar-refractivity contribution >= 4 is 34.6 Å². The summed E-state index contributed by atoms with van der Waals surface area (Å²) >= 11 is 11.4. The summed E-state index contributed by atoms with van der Waals surface area (Å²) in [5.74, 6) is -0.512. The Bertz CT molecular complexity index is 508. The Kier molecular flexibility index (Phi) is 4.86. The van der Waals surface area contributed by atoms with Crippen LogP contribution in [0.2, 0.25) is 5.02 Å². The molecule has 1 aromatic rings. The van der Waals surface area contributed by atoms with E-state index in [1.54, 1.807) is 0 Å². The molecule has 0 aliphatic carbocycles. The Morgan fingerprint density at radius 1 is 1.50 bits per heavy atom. The number of benzene rings is 1. The maximum Gasteiger partial charge on any atom is 0.170 e. The molecule has 1 aliphatic heterocycles. The van der Waals surface area contributed by atoms with Crippen LogP contribution < -0.4 is 10.6 Å². The normalized spacial score (nSPS) is 20.7. The number of hydrogen-bond donors (Lipinski definition) is 2. The van der Waals surface area contributed by atoms with E-state index < -0.39 is 5.79 Å². The summed E-state index contributed by atoms with van der Waals surface area (Å²) < 4.78 is 11.2. The first-order valence-corrected chi connectivity index (χ1v) is 7.27. The second-order valence-corrected chi connectivity index (χ2v) is 6.08. The molecule has 1 fully saturated rings. The molecule has 1 saturated heterocycles. The lowest BCUT2D eigenvalue weighted by molar-refractivity contribution is -0.137. The highest BCUT2D eigenvalue weighted by molar-refractivity contribution is 7.80. The fourth-order valence-electron chi connectivity index (χ4n) is 1.96. The van der Waals surface area contributed by atoms with Crippen molar-refractivity contribution in [2.75, 3.05) is 18.5 Å². The monoisotopic (exact) mass is 314 g/mol. The fourth-order valence-corrected chi connectivity index (χ4v) is 2.43. The lowest BCUT2D eigenvalue weighted by atomic mass is 10.2. The van der Waals surface area contributed by atoms with E-state index in [4.69, 9.17) is 33.3 Å². The Labute approximate surface area is 129 Å². The molecule has 0 radical (unpaired) electrons. The molecule has 4 nitrogen and oxygen atoms in total.